The Morgan fingerprint density at radius 2 is 1.79 bits per heavy atom. The van der Waals surface area contributed by atoms with Gasteiger partial charge in [0.15, 0.2) is 0 Å². The Morgan fingerprint density at radius 1 is 1.12 bits per heavy atom. The van der Waals surface area contributed by atoms with Crippen molar-refractivity contribution in [3.63, 3.8) is 0 Å². The van der Waals surface area contributed by atoms with Crippen molar-refractivity contribution < 1.29 is 21.6 Å². The number of sulfonamides is 1. The highest BCUT2D eigenvalue weighted by atomic mass is 35.5. The Morgan fingerprint density at radius 3 is 2.44 bits per heavy atom. The third-order valence-electron chi connectivity index (χ3n) is 5.04. The summed E-state index contributed by atoms with van der Waals surface area (Å²) in [4.78, 5) is 7.24. The first-order valence-electron chi connectivity index (χ1n) is 9.64. The number of halogens is 5. The van der Waals surface area contributed by atoms with Gasteiger partial charge in [-0.15, -0.1) is 0 Å². The molecule has 1 unspecified atom stereocenters. The van der Waals surface area contributed by atoms with Crippen LogP contribution in [-0.2, 0) is 16.6 Å². The van der Waals surface area contributed by atoms with Gasteiger partial charge in [-0.2, -0.15) is 17.9 Å². The summed E-state index contributed by atoms with van der Waals surface area (Å²) in [5.74, 6) is 0. The van der Waals surface area contributed by atoms with E-state index in [1.165, 1.54) is 29.5 Å². The zero-order valence-corrected chi connectivity index (χ0v) is 19.4. The number of nitrogens with zero attached hydrogens (tertiary/aromatic N) is 3. The third kappa shape index (κ3) is 4.83. The van der Waals surface area contributed by atoms with E-state index in [0.717, 1.165) is 12.1 Å². The summed E-state index contributed by atoms with van der Waals surface area (Å²) in [6.07, 6.45) is 0.982. The zero-order chi connectivity index (χ0) is 24.7. The van der Waals surface area contributed by atoms with Crippen molar-refractivity contribution in [1.29, 1.82) is 0 Å². The fourth-order valence-electron chi connectivity index (χ4n) is 3.58. The Hall–Kier alpha value is -2.86. The van der Waals surface area contributed by atoms with E-state index >= 15 is 0 Å². The van der Waals surface area contributed by atoms with Gasteiger partial charge in [-0.05, 0) is 18.2 Å². The van der Waals surface area contributed by atoms with Crippen molar-refractivity contribution in [3.8, 4) is 11.1 Å². The number of alkyl halides is 3. The summed E-state index contributed by atoms with van der Waals surface area (Å²) in [6, 6.07) is 6.50. The molecule has 2 aromatic heterocycles. The Balaban J connectivity index is 1.75. The van der Waals surface area contributed by atoms with E-state index < -0.39 is 38.7 Å². The molecule has 0 saturated carbocycles. The predicted octanol–water partition coefficient (Wildman–Crippen LogP) is 4.90. The Labute approximate surface area is 202 Å². The summed E-state index contributed by atoms with van der Waals surface area (Å²) in [5, 5.41) is 0.312. The quantitative estimate of drug-likeness (QED) is 0.346. The van der Waals surface area contributed by atoms with Crippen LogP contribution in [0.25, 0.3) is 22.0 Å². The molecule has 0 saturated heterocycles. The van der Waals surface area contributed by atoms with E-state index in [1.54, 1.807) is 29.0 Å². The average Bonchev–Trinajstić information content (AvgIpc) is 3.11. The number of para-hydroxylation sites is 1. The van der Waals surface area contributed by atoms with Crippen LogP contribution >= 0.6 is 23.2 Å². The molecule has 0 radical (unpaired) electrons. The highest BCUT2D eigenvalue weighted by Crippen LogP contribution is 2.34. The van der Waals surface area contributed by atoms with Crippen molar-refractivity contribution in [2.75, 3.05) is 5.73 Å². The molecular formula is C21H16Cl2F3N5O2S. The number of aromatic nitrogens is 3. The molecule has 4 aromatic rings. The maximum absolute atomic E-state index is 14.0. The lowest BCUT2D eigenvalue weighted by molar-refractivity contribution is -0.154. The summed E-state index contributed by atoms with van der Waals surface area (Å²) in [7, 11) is -4.76. The predicted molar refractivity (Wildman–Crippen MR) is 124 cm³/mol. The number of hydrogen-bond donors (Lipinski definition) is 2. The standard InChI is InChI=1S/C21H16Cl2F3N5O2S/c22-13-5-16(23)20(17(27)6-13)34(32,33)30-19(21(24,25)26)10-31-9-15(12-7-28-11-29-8-12)14-3-1-2-4-18(14)31/h1-9,11,19,30H,10,27H2. The second-order valence-corrected chi connectivity index (χ2v) is 9.86. The maximum atomic E-state index is 14.0. The number of hydrogen-bond acceptors (Lipinski definition) is 5. The highest BCUT2D eigenvalue weighted by molar-refractivity contribution is 7.89. The molecule has 3 N–H and O–H groups in total. The molecular weight excluding hydrogens is 514 g/mol. The highest BCUT2D eigenvalue weighted by Gasteiger charge is 2.43. The van der Waals surface area contributed by atoms with Gasteiger partial charge in [-0.3, -0.25) is 0 Å². The summed E-state index contributed by atoms with van der Waals surface area (Å²) >= 11 is 11.7. The van der Waals surface area contributed by atoms with Crippen LogP contribution in [-0.4, -0.2) is 35.2 Å². The third-order valence-corrected chi connectivity index (χ3v) is 7.25. The minimum absolute atomic E-state index is 0.0463. The van der Waals surface area contributed by atoms with Crippen LogP contribution in [0.3, 0.4) is 0 Å². The number of benzene rings is 2. The lowest BCUT2D eigenvalue weighted by Crippen LogP contribution is -2.48. The minimum atomic E-state index is -4.93. The Kier molecular flexibility index (Phi) is 6.47. The largest absolute Gasteiger partial charge is 0.406 e. The van der Waals surface area contributed by atoms with Gasteiger partial charge in [0.25, 0.3) is 0 Å². The van der Waals surface area contributed by atoms with Gasteiger partial charge in [0.05, 0.1) is 10.7 Å². The van der Waals surface area contributed by atoms with E-state index in [2.05, 4.69) is 9.97 Å². The summed E-state index contributed by atoms with van der Waals surface area (Å²) in [5.41, 5.74) is 7.00. The van der Waals surface area contributed by atoms with Gasteiger partial charge < -0.3 is 10.3 Å². The van der Waals surface area contributed by atoms with Crippen molar-refractivity contribution in [2.24, 2.45) is 0 Å². The van der Waals surface area contributed by atoms with Crippen molar-refractivity contribution in [1.82, 2.24) is 19.3 Å². The topological polar surface area (TPSA) is 103 Å². The molecule has 4 rings (SSSR count). The van der Waals surface area contributed by atoms with E-state index in [1.807, 2.05) is 0 Å². The smallest absolute Gasteiger partial charge is 0.398 e. The lowest BCUT2D eigenvalue weighted by Gasteiger charge is -2.23. The van der Waals surface area contributed by atoms with Crippen molar-refractivity contribution >= 4 is 49.8 Å². The molecule has 13 heteroatoms. The molecule has 0 aliphatic heterocycles. The molecule has 0 fully saturated rings. The number of rotatable bonds is 6. The normalized spacial score (nSPS) is 13.3. The SMILES string of the molecule is Nc1cc(Cl)cc(Cl)c1S(=O)(=O)NC(Cn1cc(-c2cncnc2)c2ccccc21)C(F)(F)F. The zero-order valence-electron chi connectivity index (χ0n) is 17.1. The molecule has 34 heavy (non-hydrogen) atoms. The van der Waals surface area contributed by atoms with E-state index in [4.69, 9.17) is 28.9 Å². The fraction of sp³-hybridized carbons (Fsp3) is 0.143. The molecule has 0 amide bonds. The van der Waals surface area contributed by atoms with Crippen LogP contribution < -0.4 is 10.5 Å². The van der Waals surface area contributed by atoms with Crippen LogP contribution in [0.5, 0.6) is 0 Å². The molecule has 1 atom stereocenters. The first kappa shape index (κ1) is 24.3. The average molecular weight is 530 g/mol. The van der Waals surface area contributed by atoms with E-state index in [0.29, 0.717) is 22.0 Å². The second kappa shape index (κ2) is 9.06. The van der Waals surface area contributed by atoms with Crippen LogP contribution in [0.15, 0.2) is 66.2 Å². The number of fused-ring (bicyclic) bond motifs is 1. The molecule has 2 heterocycles. The van der Waals surface area contributed by atoms with Gasteiger partial charge in [0.2, 0.25) is 10.0 Å². The fourth-order valence-corrected chi connectivity index (χ4v) is 5.78. The number of nitrogen functional groups attached to an aromatic ring is 1. The van der Waals surface area contributed by atoms with Crippen LogP contribution in [0.2, 0.25) is 10.0 Å². The molecule has 0 bridgehead atoms. The lowest BCUT2D eigenvalue weighted by atomic mass is 10.1. The molecule has 7 nitrogen and oxygen atoms in total. The van der Waals surface area contributed by atoms with Crippen LogP contribution in [0.1, 0.15) is 0 Å². The molecule has 2 aromatic carbocycles. The number of nitrogens with two attached hydrogens (primary N) is 1. The monoisotopic (exact) mass is 529 g/mol. The van der Waals surface area contributed by atoms with Gasteiger partial charge in [-0.1, -0.05) is 41.4 Å². The van der Waals surface area contributed by atoms with Crippen molar-refractivity contribution in [3.05, 3.63) is 71.4 Å². The molecule has 0 spiro atoms. The summed E-state index contributed by atoms with van der Waals surface area (Å²) in [6.45, 7) is -0.748. The maximum Gasteiger partial charge on any atom is 0.406 e. The van der Waals surface area contributed by atoms with E-state index in [9.17, 15) is 21.6 Å². The number of anilines is 1. The van der Waals surface area contributed by atoms with Gasteiger partial charge in [0, 0.05) is 52.2 Å². The summed E-state index contributed by atoms with van der Waals surface area (Å²) < 4.78 is 70.8. The van der Waals surface area contributed by atoms with Crippen molar-refractivity contribution in [2.45, 2.75) is 23.7 Å². The Bertz CT molecular complexity index is 1440. The van der Waals surface area contributed by atoms with Crippen LogP contribution in [0, 0.1) is 0 Å². The van der Waals surface area contributed by atoms with E-state index in [-0.39, 0.29) is 10.7 Å². The first-order valence-corrected chi connectivity index (χ1v) is 11.9. The number of nitrogens with one attached hydrogen (secondary N) is 1. The minimum Gasteiger partial charge on any atom is -0.398 e. The molecule has 0 aliphatic rings. The van der Waals surface area contributed by atoms with Gasteiger partial charge >= 0.3 is 6.18 Å². The van der Waals surface area contributed by atoms with Gasteiger partial charge in [-0.25, -0.2) is 18.4 Å². The first-order chi connectivity index (χ1) is 16.0. The molecule has 0 aliphatic carbocycles. The second-order valence-electron chi connectivity index (χ2n) is 7.36. The van der Waals surface area contributed by atoms with Crippen LogP contribution in [0.4, 0.5) is 18.9 Å². The van der Waals surface area contributed by atoms with Gasteiger partial charge in [0.1, 0.15) is 17.3 Å². The molecule has 178 valence electrons.